The molecule has 1 aliphatic heterocycles. The van der Waals surface area contributed by atoms with Crippen LogP contribution in [-0.2, 0) is 4.79 Å². The second kappa shape index (κ2) is 8.15. The van der Waals surface area contributed by atoms with Gasteiger partial charge >= 0.3 is 0 Å². The normalized spacial score (nSPS) is 27.2. The van der Waals surface area contributed by atoms with E-state index < -0.39 is 0 Å². The highest BCUT2D eigenvalue weighted by molar-refractivity contribution is 6.42. The van der Waals surface area contributed by atoms with E-state index in [4.69, 9.17) is 27.9 Å². The van der Waals surface area contributed by atoms with Crippen molar-refractivity contribution in [3.05, 3.63) is 28.2 Å². The maximum atomic E-state index is 12.5. The van der Waals surface area contributed by atoms with Crippen molar-refractivity contribution in [2.75, 3.05) is 19.7 Å². The lowest BCUT2D eigenvalue weighted by Crippen LogP contribution is -2.62. The Morgan fingerprint density at radius 3 is 2.72 bits per heavy atom. The Kier molecular flexibility index (Phi) is 6.13. The van der Waals surface area contributed by atoms with Gasteiger partial charge in [-0.15, -0.1) is 0 Å². The van der Waals surface area contributed by atoms with Crippen LogP contribution in [-0.4, -0.2) is 42.1 Å². The van der Waals surface area contributed by atoms with Gasteiger partial charge in [0, 0.05) is 12.1 Å². The van der Waals surface area contributed by atoms with Crippen molar-refractivity contribution in [1.29, 1.82) is 0 Å². The average Bonchev–Trinajstić information content (AvgIpc) is 3.10. The number of halogens is 2. The quantitative estimate of drug-likeness (QED) is 0.823. The molecule has 25 heavy (non-hydrogen) atoms. The lowest BCUT2D eigenvalue weighted by molar-refractivity contribution is -0.126. The van der Waals surface area contributed by atoms with Gasteiger partial charge in [-0.05, 0) is 57.8 Å². The molecule has 0 bridgehead atoms. The summed E-state index contributed by atoms with van der Waals surface area (Å²) in [4.78, 5) is 15.0. The van der Waals surface area contributed by atoms with Gasteiger partial charge in [-0.3, -0.25) is 9.69 Å². The van der Waals surface area contributed by atoms with Crippen molar-refractivity contribution in [3.63, 3.8) is 0 Å². The Bertz CT molecular complexity index is 619. The summed E-state index contributed by atoms with van der Waals surface area (Å²) in [5.41, 5.74) is -0.180. The zero-order valence-electron chi connectivity index (χ0n) is 14.7. The lowest BCUT2D eigenvalue weighted by atomic mass is 9.78. The van der Waals surface area contributed by atoms with E-state index >= 15 is 0 Å². The summed E-state index contributed by atoms with van der Waals surface area (Å²) in [5, 5.41) is 4.15. The van der Waals surface area contributed by atoms with Crippen molar-refractivity contribution in [3.8, 4) is 5.75 Å². The summed E-state index contributed by atoms with van der Waals surface area (Å²) in [5.74, 6) is 0.467. The third-order valence-corrected chi connectivity index (χ3v) is 6.17. The molecule has 0 spiro atoms. The number of rotatable bonds is 5. The summed E-state index contributed by atoms with van der Waals surface area (Å²) in [7, 11) is 0. The number of nitrogens with one attached hydrogen (secondary N) is 1. The largest absolute Gasteiger partial charge is 0.484 e. The molecule has 6 heteroatoms. The summed E-state index contributed by atoms with van der Waals surface area (Å²) >= 11 is 11.9. The molecule has 1 aliphatic carbocycles. The molecule has 1 heterocycles. The SMILES string of the molecule is CC1(NC(=O)COc2ccc(Cl)c(Cl)c2)CCCCC1N1CCCC1. The van der Waals surface area contributed by atoms with E-state index in [1.165, 1.54) is 19.3 Å². The molecule has 0 radical (unpaired) electrons. The predicted molar refractivity (Wildman–Crippen MR) is 102 cm³/mol. The molecule has 0 aromatic heterocycles. The van der Waals surface area contributed by atoms with Crippen molar-refractivity contribution < 1.29 is 9.53 Å². The number of carbonyl (C=O) groups is 1. The first-order valence-corrected chi connectivity index (χ1v) is 9.86. The van der Waals surface area contributed by atoms with Gasteiger partial charge in [-0.1, -0.05) is 36.0 Å². The summed E-state index contributed by atoms with van der Waals surface area (Å²) in [6.45, 7) is 4.47. The van der Waals surface area contributed by atoms with Gasteiger partial charge < -0.3 is 10.1 Å². The highest BCUT2D eigenvalue weighted by Crippen LogP contribution is 2.34. The summed E-state index contributed by atoms with van der Waals surface area (Å²) in [6.07, 6.45) is 7.11. The van der Waals surface area contributed by atoms with Gasteiger partial charge in [0.2, 0.25) is 0 Å². The molecule has 4 nitrogen and oxygen atoms in total. The molecule has 2 aliphatic rings. The Morgan fingerprint density at radius 1 is 1.24 bits per heavy atom. The van der Waals surface area contributed by atoms with E-state index in [1.807, 2.05) is 0 Å². The van der Waals surface area contributed by atoms with Crippen LogP contribution in [0.5, 0.6) is 5.75 Å². The van der Waals surface area contributed by atoms with Gasteiger partial charge in [0.15, 0.2) is 6.61 Å². The number of carbonyl (C=O) groups excluding carboxylic acids is 1. The molecule has 1 saturated carbocycles. The van der Waals surface area contributed by atoms with Gasteiger partial charge in [0.25, 0.3) is 5.91 Å². The fourth-order valence-corrected chi connectivity index (χ4v) is 4.46. The minimum Gasteiger partial charge on any atom is -0.484 e. The highest BCUT2D eigenvalue weighted by Gasteiger charge is 2.41. The minimum absolute atomic E-state index is 0.0136. The van der Waals surface area contributed by atoms with Crippen LogP contribution < -0.4 is 10.1 Å². The Balaban J connectivity index is 1.58. The van der Waals surface area contributed by atoms with Crippen LogP contribution >= 0.6 is 23.2 Å². The number of nitrogens with zero attached hydrogens (tertiary/aromatic N) is 1. The Hall–Kier alpha value is -0.970. The smallest absolute Gasteiger partial charge is 0.258 e. The molecule has 1 aromatic rings. The lowest BCUT2D eigenvalue weighted by Gasteiger charge is -2.46. The van der Waals surface area contributed by atoms with E-state index in [9.17, 15) is 4.79 Å². The predicted octanol–water partition coefficient (Wildman–Crippen LogP) is 4.29. The third-order valence-electron chi connectivity index (χ3n) is 5.43. The average molecular weight is 385 g/mol. The second-order valence-corrected chi connectivity index (χ2v) is 8.15. The number of likely N-dealkylation sites (tertiary alicyclic amines) is 1. The van der Waals surface area contributed by atoms with E-state index in [0.717, 1.165) is 32.4 Å². The van der Waals surface area contributed by atoms with E-state index in [-0.39, 0.29) is 18.1 Å². The third kappa shape index (κ3) is 4.60. The molecule has 1 aromatic carbocycles. The maximum absolute atomic E-state index is 12.5. The van der Waals surface area contributed by atoms with Crippen LogP contribution in [0, 0.1) is 0 Å². The zero-order chi connectivity index (χ0) is 17.9. The summed E-state index contributed by atoms with van der Waals surface area (Å²) < 4.78 is 5.58. The first-order chi connectivity index (χ1) is 12.0. The number of ether oxygens (including phenoxy) is 1. The monoisotopic (exact) mass is 384 g/mol. The van der Waals surface area contributed by atoms with Crippen LogP contribution in [0.4, 0.5) is 0 Å². The first kappa shape index (κ1) is 18.8. The number of benzene rings is 1. The van der Waals surface area contributed by atoms with Gasteiger partial charge in [0.05, 0.1) is 15.6 Å². The van der Waals surface area contributed by atoms with Crippen molar-refractivity contribution >= 4 is 29.1 Å². The Morgan fingerprint density at radius 2 is 2.00 bits per heavy atom. The fraction of sp³-hybridized carbons (Fsp3) is 0.632. The van der Waals surface area contributed by atoms with Crippen molar-refractivity contribution in [2.45, 2.75) is 57.0 Å². The molecule has 1 saturated heterocycles. The standard InChI is InChI=1S/C19H26Cl2N2O2/c1-19(9-3-2-6-17(19)23-10-4-5-11-23)22-18(24)13-25-14-7-8-15(20)16(21)12-14/h7-8,12,17H,2-6,9-11,13H2,1H3,(H,22,24). The van der Waals surface area contributed by atoms with Crippen LogP contribution in [0.15, 0.2) is 18.2 Å². The van der Waals surface area contributed by atoms with E-state index in [0.29, 0.717) is 21.8 Å². The van der Waals surface area contributed by atoms with Crippen LogP contribution in [0.2, 0.25) is 10.0 Å². The minimum atomic E-state index is -0.180. The molecule has 2 fully saturated rings. The summed E-state index contributed by atoms with van der Waals surface area (Å²) in [6, 6.07) is 5.45. The molecule has 138 valence electrons. The zero-order valence-corrected chi connectivity index (χ0v) is 16.2. The molecule has 1 N–H and O–H groups in total. The first-order valence-electron chi connectivity index (χ1n) is 9.11. The maximum Gasteiger partial charge on any atom is 0.258 e. The molecule has 2 unspecified atom stereocenters. The van der Waals surface area contributed by atoms with E-state index in [2.05, 4.69) is 17.1 Å². The number of hydrogen-bond acceptors (Lipinski definition) is 3. The van der Waals surface area contributed by atoms with Gasteiger partial charge in [-0.2, -0.15) is 0 Å². The fourth-order valence-electron chi connectivity index (χ4n) is 4.17. The molecule has 2 atom stereocenters. The van der Waals surface area contributed by atoms with Crippen LogP contribution in [0.3, 0.4) is 0 Å². The van der Waals surface area contributed by atoms with Crippen LogP contribution in [0.1, 0.15) is 45.4 Å². The van der Waals surface area contributed by atoms with Crippen LogP contribution in [0.25, 0.3) is 0 Å². The molecule has 1 amide bonds. The highest BCUT2D eigenvalue weighted by atomic mass is 35.5. The van der Waals surface area contributed by atoms with Crippen molar-refractivity contribution in [1.82, 2.24) is 10.2 Å². The van der Waals surface area contributed by atoms with Crippen molar-refractivity contribution in [2.24, 2.45) is 0 Å². The second-order valence-electron chi connectivity index (χ2n) is 7.33. The van der Waals surface area contributed by atoms with Gasteiger partial charge in [-0.25, -0.2) is 0 Å². The molecular formula is C19H26Cl2N2O2. The van der Waals surface area contributed by atoms with E-state index in [1.54, 1.807) is 18.2 Å². The molecular weight excluding hydrogens is 359 g/mol. The number of amides is 1. The number of hydrogen-bond donors (Lipinski definition) is 1. The van der Waals surface area contributed by atoms with Gasteiger partial charge in [0.1, 0.15) is 5.75 Å². The topological polar surface area (TPSA) is 41.6 Å². The molecule has 3 rings (SSSR count). The Labute approximate surface area is 159 Å².